The quantitative estimate of drug-likeness (QED) is 0.288. The third-order valence-electron chi connectivity index (χ3n) is 4.99. The predicted molar refractivity (Wildman–Crippen MR) is 124 cm³/mol. The fourth-order valence-electron chi connectivity index (χ4n) is 3.30. The number of ether oxygens (including phenoxy) is 1. The molecule has 0 radical (unpaired) electrons. The van der Waals surface area contributed by atoms with Crippen molar-refractivity contribution in [2.45, 2.75) is 13.5 Å². The maximum absolute atomic E-state index is 12.9. The molecule has 0 spiro atoms. The number of imide groups is 1. The van der Waals surface area contributed by atoms with Crippen LogP contribution in [0.2, 0.25) is 20.1 Å². The molecule has 1 aliphatic heterocycles. The van der Waals surface area contributed by atoms with Crippen molar-refractivity contribution in [2.75, 3.05) is 4.90 Å². The molecule has 5 nitrogen and oxygen atoms in total. The first-order valence-corrected chi connectivity index (χ1v) is 10.8. The normalized spacial score (nSPS) is 12.8. The summed E-state index contributed by atoms with van der Waals surface area (Å²) in [4.78, 5) is 39.5. The lowest BCUT2D eigenvalue weighted by atomic mass is 10.1. The summed E-state index contributed by atoms with van der Waals surface area (Å²) in [5.74, 6) is -1.74. The highest BCUT2D eigenvalue weighted by atomic mass is 35.5. The van der Waals surface area contributed by atoms with Crippen molar-refractivity contribution in [1.82, 2.24) is 0 Å². The van der Waals surface area contributed by atoms with Crippen LogP contribution in [0.15, 0.2) is 48.5 Å². The number of aryl methyl sites for hydroxylation is 1. The minimum absolute atomic E-state index is 0.0674. The van der Waals surface area contributed by atoms with E-state index in [1.165, 1.54) is 18.2 Å². The van der Waals surface area contributed by atoms with Crippen LogP contribution in [0.5, 0.6) is 0 Å². The Kier molecular flexibility index (Phi) is 6.19. The molecule has 32 heavy (non-hydrogen) atoms. The lowest BCUT2D eigenvalue weighted by Gasteiger charge is -2.17. The van der Waals surface area contributed by atoms with Gasteiger partial charge in [0.15, 0.2) is 0 Å². The summed E-state index contributed by atoms with van der Waals surface area (Å²) in [5, 5.41) is 1.18. The van der Waals surface area contributed by atoms with E-state index in [-0.39, 0.29) is 39.0 Å². The number of hydrogen-bond donors (Lipinski definition) is 0. The van der Waals surface area contributed by atoms with Crippen LogP contribution in [0, 0.1) is 6.92 Å². The lowest BCUT2D eigenvalue weighted by molar-refractivity contribution is 0.0472. The van der Waals surface area contributed by atoms with E-state index in [0.29, 0.717) is 21.2 Å². The minimum Gasteiger partial charge on any atom is -0.457 e. The fourth-order valence-corrected chi connectivity index (χ4v) is 4.09. The summed E-state index contributed by atoms with van der Waals surface area (Å²) < 4.78 is 5.35. The van der Waals surface area contributed by atoms with Crippen LogP contribution < -0.4 is 4.90 Å². The Labute approximate surface area is 203 Å². The van der Waals surface area contributed by atoms with Gasteiger partial charge in [0, 0.05) is 15.6 Å². The van der Waals surface area contributed by atoms with Crippen LogP contribution in [0.25, 0.3) is 0 Å². The maximum atomic E-state index is 12.9. The third-order valence-corrected chi connectivity index (χ3v) is 6.30. The molecule has 1 aliphatic rings. The molecule has 0 atom stereocenters. The third kappa shape index (κ3) is 4.09. The Morgan fingerprint density at radius 2 is 1.47 bits per heavy atom. The van der Waals surface area contributed by atoms with Gasteiger partial charge >= 0.3 is 5.97 Å². The molecule has 2 amide bonds. The van der Waals surface area contributed by atoms with Crippen molar-refractivity contribution in [3.63, 3.8) is 0 Å². The number of anilines is 1. The molecule has 4 rings (SSSR count). The van der Waals surface area contributed by atoms with Crippen molar-refractivity contribution < 1.29 is 19.1 Å². The van der Waals surface area contributed by atoms with Gasteiger partial charge in [0.1, 0.15) is 6.61 Å². The minimum atomic E-state index is -0.639. The van der Waals surface area contributed by atoms with Gasteiger partial charge in [0.05, 0.1) is 32.4 Å². The van der Waals surface area contributed by atoms with Gasteiger partial charge < -0.3 is 4.74 Å². The second kappa shape index (κ2) is 8.75. The fraction of sp³-hybridized carbons (Fsp3) is 0.0870. The molecule has 0 saturated heterocycles. The molecule has 0 aliphatic carbocycles. The molecule has 3 aromatic carbocycles. The van der Waals surface area contributed by atoms with Gasteiger partial charge in [-0.1, -0.05) is 58.5 Å². The number of amides is 2. The second-order valence-electron chi connectivity index (χ2n) is 7.07. The Bertz CT molecular complexity index is 1260. The molecule has 0 aromatic heterocycles. The Balaban J connectivity index is 1.61. The monoisotopic (exact) mass is 507 g/mol. The topological polar surface area (TPSA) is 63.7 Å². The molecular weight excluding hydrogens is 496 g/mol. The summed E-state index contributed by atoms with van der Waals surface area (Å²) in [6.45, 7) is 1.66. The van der Waals surface area contributed by atoms with Crippen LogP contribution >= 0.6 is 46.4 Å². The van der Waals surface area contributed by atoms with Gasteiger partial charge in [-0.25, -0.2) is 9.69 Å². The standard InChI is InChI=1S/C23H13Cl4NO4/c1-11-2-3-12(23(31)32-10-13-4-5-14(24)7-17(13)25)6-20(11)28-21(29)15-8-18(26)19(27)9-16(15)22(28)30/h2-9H,10H2,1H3. The molecule has 1 heterocycles. The zero-order valence-electron chi connectivity index (χ0n) is 16.4. The summed E-state index contributed by atoms with van der Waals surface area (Å²) in [6, 6.07) is 12.2. The Hall–Kier alpha value is -2.57. The molecule has 3 aromatic rings. The van der Waals surface area contributed by atoms with E-state index in [0.717, 1.165) is 4.90 Å². The number of fused-ring (bicyclic) bond motifs is 1. The molecule has 0 bridgehead atoms. The highest BCUT2D eigenvalue weighted by molar-refractivity contribution is 6.44. The molecule has 0 N–H and O–H groups in total. The zero-order valence-corrected chi connectivity index (χ0v) is 19.4. The highest BCUT2D eigenvalue weighted by Crippen LogP contribution is 2.35. The number of hydrogen-bond acceptors (Lipinski definition) is 4. The summed E-state index contributed by atoms with van der Waals surface area (Å²) in [7, 11) is 0. The van der Waals surface area contributed by atoms with Crippen molar-refractivity contribution in [1.29, 1.82) is 0 Å². The molecule has 9 heteroatoms. The molecular formula is C23H13Cl4NO4. The number of halogens is 4. The zero-order chi connectivity index (χ0) is 23.2. The van der Waals surface area contributed by atoms with Crippen LogP contribution in [-0.2, 0) is 11.3 Å². The van der Waals surface area contributed by atoms with E-state index >= 15 is 0 Å². The smallest absolute Gasteiger partial charge is 0.338 e. The van der Waals surface area contributed by atoms with Crippen molar-refractivity contribution >= 4 is 69.9 Å². The van der Waals surface area contributed by atoms with E-state index in [9.17, 15) is 14.4 Å². The van der Waals surface area contributed by atoms with Gasteiger partial charge in [-0.3, -0.25) is 9.59 Å². The second-order valence-corrected chi connectivity index (χ2v) is 8.73. The van der Waals surface area contributed by atoms with E-state index in [4.69, 9.17) is 51.1 Å². The first kappa shape index (κ1) is 22.6. The van der Waals surface area contributed by atoms with E-state index in [1.807, 2.05) is 0 Å². The van der Waals surface area contributed by atoms with Gasteiger partial charge in [-0.2, -0.15) is 0 Å². The molecule has 0 fully saturated rings. The Morgan fingerprint density at radius 3 is 2.06 bits per heavy atom. The van der Waals surface area contributed by atoms with E-state index in [1.54, 1.807) is 37.3 Å². The molecule has 162 valence electrons. The number of nitrogens with zero attached hydrogens (tertiary/aromatic N) is 1. The first-order valence-electron chi connectivity index (χ1n) is 9.27. The van der Waals surface area contributed by atoms with Crippen molar-refractivity contribution in [3.8, 4) is 0 Å². The summed E-state index contributed by atoms with van der Waals surface area (Å²) in [5.41, 5.74) is 1.94. The number of rotatable bonds is 4. The number of esters is 1. The molecule has 0 saturated carbocycles. The van der Waals surface area contributed by atoms with E-state index < -0.39 is 17.8 Å². The summed E-state index contributed by atoms with van der Waals surface area (Å²) >= 11 is 24.0. The summed E-state index contributed by atoms with van der Waals surface area (Å²) in [6.07, 6.45) is 0. The SMILES string of the molecule is Cc1ccc(C(=O)OCc2ccc(Cl)cc2Cl)cc1N1C(=O)c2cc(Cl)c(Cl)cc2C1=O. The average molecular weight is 509 g/mol. The van der Waals surface area contributed by atoms with Crippen LogP contribution in [0.3, 0.4) is 0 Å². The number of benzene rings is 3. The van der Waals surface area contributed by atoms with Gasteiger partial charge in [0.25, 0.3) is 11.8 Å². The number of carbonyl (C=O) groups is 3. The van der Waals surface area contributed by atoms with Crippen molar-refractivity contribution in [3.05, 3.63) is 96.4 Å². The lowest BCUT2D eigenvalue weighted by Crippen LogP contribution is -2.30. The first-order chi connectivity index (χ1) is 15.2. The van der Waals surface area contributed by atoms with Crippen LogP contribution in [0.4, 0.5) is 5.69 Å². The van der Waals surface area contributed by atoms with Gasteiger partial charge in [-0.15, -0.1) is 0 Å². The highest BCUT2D eigenvalue weighted by Gasteiger charge is 2.38. The van der Waals surface area contributed by atoms with Crippen LogP contribution in [0.1, 0.15) is 42.2 Å². The largest absolute Gasteiger partial charge is 0.457 e. The maximum Gasteiger partial charge on any atom is 0.338 e. The van der Waals surface area contributed by atoms with Gasteiger partial charge in [-0.05, 0) is 48.9 Å². The van der Waals surface area contributed by atoms with Gasteiger partial charge in [0.2, 0.25) is 0 Å². The average Bonchev–Trinajstić information content (AvgIpc) is 2.97. The van der Waals surface area contributed by atoms with Crippen molar-refractivity contribution in [2.24, 2.45) is 0 Å². The predicted octanol–water partition coefficient (Wildman–Crippen LogP) is 6.77. The number of carbonyl (C=O) groups excluding carboxylic acids is 3. The van der Waals surface area contributed by atoms with E-state index in [2.05, 4.69) is 0 Å². The van der Waals surface area contributed by atoms with Crippen LogP contribution in [-0.4, -0.2) is 17.8 Å². The molecule has 0 unspecified atom stereocenters. The Morgan fingerprint density at radius 1 is 0.844 bits per heavy atom.